The Morgan fingerprint density at radius 2 is 1.70 bits per heavy atom. The van der Waals surface area contributed by atoms with Gasteiger partial charge in [-0.3, -0.25) is 33.7 Å². The average Bonchev–Trinajstić information content (AvgIpc) is 2.98. The van der Waals surface area contributed by atoms with Gasteiger partial charge in [0.2, 0.25) is 11.8 Å². The third-order valence-corrected chi connectivity index (χ3v) is 10.0. The maximum atomic E-state index is 14.1. The number of nitrogens with one attached hydrogen (secondary N) is 2. The molecule has 6 atom stereocenters. The molecule has 5 rings (SSSR count). The lowest BCUT2D eigenvalue weighted by molar-refractivity contribution is -0.181. The van der Waals surface area contributed by atoms with E-state index in [9.17, 15) is 33.9 Å². The summed E-state index contributed by atoms with van der Waals surface area (Å²) in [6.07, 6.45) is 5.68. The van der Waals surface area contributed by atoms with Gasteiger partial charge < -0.3 is 32.1 Å². The molecule has 3 saturated carbocycles. The van der Waals surface area contributed by atoms with Crippen molar-refractivity contribution in [2.45, 2.75) is 62.6 Å². The number of nitrogens with two attached hydrogens (primary N) is 2. The van der Waals surface area contributed by atoms with E-state index >= 15 is 0 Å². The second-order valence-corrected chi connectivity index (χ2v) is 13.4. The first-order chi connectivity index (χ1) is 21.7. The minimum Gasteiger partial charge on any atom is -0.377 e. The topological polar surface area (TPSA) is 218 Å². The van der Waals surface area contributed by atoms with Crippen molar-refractivity contribution in [1.29, 1.82) is 0 Å². The maximum absolute atomic E-state index is 14.1. The highest BCUT2D eigenvalue weighted by Gasteiger charge is 2.69. The van der Waals surface area contributed by atoms with Gasteiger partial charge in [0.25, 0.3) is 0 Å². The van der Waals surface area contributed by atoms with E-state index in [0.717, 1.165) is 25.7 Å². The molecule has 0 radical (unpaired) electrons. The van der Waals surface area contributed by atoms with Gasteiger partial charge in [-0.05, 0) is 63.4 Å². The van der Waals surface area contributed by atoms with Crippen molar-refractivity contribution in [3.8, 4) is 0 Å². The van der Waals surface area contributed by atoms with Crippen LogP contribution in [0.1, 0.15) is 54.4 Å². The number of anilines is 2. The quantitative estimate of drug-likeness (QED) is 0.144. The Balaban J connectivity index is 1.43. The predicted molar refractivity (Wildman–Crippen MR) is 169 cm³/mol. The predicted octanol–water partition coefficient (Wildman–Crippen LogP) is -0.597. The van der Waals surface area contributed by atoms with Gasteiger partial charge in [0.05, 0.1) is 12.0 Å². The van der Waals surface area contributed by atoms with E-state index in [1.54, 1.807) is 39.2 Å². The molecule has 0 aromatic heterocycles. The van der Waals surface area contributed by atoms with Gasteiger partial charge >= 0.3 is 0 Å². The summed E-state index contributed by atoms with van der Waals surface area (Å²) >= 11 is 0. The second-order valence-electron chi connectivity index (χ2n) is 13.4. The van der Waals surface area contributed by atoms with E-state index in [1.165, 1.54) is 17.4 Å². The van der Waals surface area contributed by atoms with Crippen LogP contribution >= 0.6 is 0 Å². The fourth-order valence-electron chi connectivity index (χ4n) is 7.92. The minimum atomic E-state index is -2.74. The number of benzene rings is 1. The molecule has 3 fully saturated rings. The highest BCUT2D eigenvalue weighted by Crippen LogP contribution is 2.51. The lowest BCUT2D eigenvalue weighted by Gasteiger charge is -2.52. The molecular formula is C32H43N7O7. The summed E-state index contributed by atoms with van der Waals surface area (Å²) in [5, 5.41) is 17.7. The van der Waals surface area contributed by atoms with Crippen LogP contribution in [0, 0.1) is 23.7 Å². The summed E-state index contributed by atoms with van der Waals surface area (Å²) in [4.78, 5) is 87.4. The van der Waals surface area contributed by atoms with E-state index < -0.39 is 70.3 Å². The zero-order valence-corrected chi connectivity index (χ0v) is 26.7. The van der Waals surface area contributed by atoms with Gasteiger partial charge in [0.15, 0.2) is 40.6 Å². The van der Waals surface area contributed by atoms with Crippen LogP contribution in [0.3, 0.4) is 0 Å². The van der Waals surface area contributed by atoms with Crippen LogP contribution in [0.5, 0.6) is 0 Å². The van der Waals surface area contributed by atoms with Crippen molar-refractivity contribution < 1.29 is 33.9 Å². The Morgan fingerprint density at radius 1 is 1.02 bits per heavy atom. The molecule has 0 aliphatic heterocycles. The van der Waals surface area contributed by atoms with Crippen molar-refractivity contribution in [3.05, 3.63) is 23.3 Å². The SMILES string of the molecule is CN(C)c1cc(NC(=O)CN=C(N)NC2CCCCC2)cc2c1CC1CC3[C@H](N(C)C)C(=O)C(C(N)=O)C(=O)[C@@]3(O)C(=O)C1C2=O. The number of carbonyl (C=O) groups excluding carboxylic acids is 6. The Labute approximate surface area is 267 Å². The third-order valence-electron chi connectivity index (χ3n) is 10.0. The molecule has 14 nitrogen and oxygen atoms in total. The van der Waals surface area contributed by atoms with Crippen LogP contribution in [0.4, 0.5) is 11.4 Å². The summed E-state index contributed by atoms with van der Waals surface area (Å²) in [5.74, 6) is -10.4. The highest BCUT2D eigenvalue weighted by molar-refractivity contribution is 6.32. The summed E-state index contributed by atoms with van der Waals surface area (Å²) in [6.45, 7) is -0.250. The third kappa shape index (κ3) is 5.68. The largest absolute Gasteiger partial charge is 0.377 e. The zero-order valence-electron chi connectivity index (χ0n) is 26.7. The Bertz CT molecular complexity index is 1520. The van der Waals surface area contributed by atoms with Crippen LogP contribution < -0.4 is 27.0 Å². The number of aliphatic imine (C=N–C) groups is 1. The number of likely N-dealkylation sites (N-methyl/N-ethyl adjacent to an activating group) is 1. The van der Waals surface area contributed by atoms with Crippen molar-refractivity contribution in [2.75, 3.05) is 45.0 Å². The molecule has 46 heavy (non-hydrogen) atoms. The molecule has 2 amide bonds. The fourth-order valence-corrected chi connectivity index (χ4v) is 7.92. The molecule has 0 heterocycles. The van der Waals surface area contributed by atoms with Crippen LogP contribution in [-0.4, -0.2) is 103 Å². The molecule has 1 aromatic rings. The Kier molecular flexibility index (Phi) is 9.06. The summed E-state index contributed by atoms with van der Waals surface area (Å²) < 4.78 is 0. The number of guanidine groups is 1. The highest BCUT2D eigenvalue weighted by atomic mass is 16.3. The van der Waals surface area contributed by atoms with Gasteiger partial charge in [-0.1, -0.05) is 19.3 Å². The number of rotatable bonds is 7. The molecule has 0 bridgehead atoms. The number of fused-ring (bicyclic) bond motifs is 3. The molecule has 0 saturated heterocycles. The average molecular weight is 638 g/mol. The van der Waals surface area contributed by atoms with E-state index in [0.29, 0.717) is 16.9 Å². The van der Waals surface area contributed by atoms with Gasteiger partial charge in [0.1, 0.15) is 6.54 Å². The smallest absolute Gasteiger partial charge is 0.246 e. The molecule has 4 aliphatic carbocycles. The van der Waals surface area contributed by atoms with Crippen molar-refractivity contribution in [3.63, 3.8) is 0 Å². The molecule has 4 aliphatic rings. The van der Waals surface area contributed by atoms with Crippen molar-refractivity contribution >= 4 is 52.3 Å². The molecule has 1 aromatic carbocycles. The maximum Gasteiger partial charge on any atom is 0.246 e. The lowest BCUT2D eigenvalue weighted by Crippen LogP contribution is -2.74. The van der Waals surface area contributed by atoms with Gasteiger partial charge in [-0.2, -0.15) is 0 Å². The molecule has 0 spiro atoms. The molecular weight excluding hydrogens is 594 g/mol. The fraction of sp³-hybridized carbons (Fsp3) is 0.594. The van der Waals surface area contributed by atoms with Gasteiger partial charge in [0, 0.05) is 43.0 Å². The Morgan fingerprint density at radius 3 is 2.30 bits per heavy atom. The van der Waals surface area contributed by atoms with Crippen LogP contribution in [0.15, 0.2) is 17.1 Å². The first-order valence-corrected chi connectivity index (χ1v) is 15.7. The molecule has 4 unspecified atom stereocenters. The number of primary amides is 1. The van der Waals surface area contributed by atoms with Crippen molar-refractivity contribution in [2.24, 2.45) is 40.1 Å². The normalized spacial score (nSPS) is 30.0. The molecule has 7 N–H and O–H groups in total. The van der Waals surface area contributed by atoms with E-state index in [-0.39, 0.29) is 37.0 Å². The summed E-state index contributed by atoms with van der Waals surface area (Å²) in [6, 6.07) is 2.31. The van der Waals surface area contributed by atoms with Gasteiger partial charge in [-0.15, -0.1) is 0 Å². The van der Waals surface area contributed by atoms with E-state index in [4.69, 9.17) is 11.5 Å². The van der Waals surface area contributed by atoms with E-state index in [2.05, 4.69) is 15.6 Å². The first kappa shape index (κ1) is 33.2. The number of Topliss-reactive ketones (excluding diaryl/α,β-unsaturated/α-hetero) is 4. The standard InChI is InChI=1S/C32H43N7O7/c1-38(2)21-13-17(36-22(40)14-35-31(34)37-16-8-6-5-7-9-16)12-19-18(21)10-15-11-20-25(39(3)4)27(42)24(30(33)45)29(44)32(20,46)28(43)23(15)26(19)41/h12-13,15-16,20,23-25,46H,5-11,14H2,1-4H3,(H2,33,45)(H,36,40)(H3,34,35,37)/t15?,20?,23?,24?,25-,32-/m0/s1. The number of amides is 2. The number of nitrogens with zero attached hydrogens (tertiary/aromatic N) is 3. The number of carbonyl (C=O) groups is 6. The number of hydrogen-bond acceptors (Lipinski definition) is 10. The summed E-state index contributed by atoms with van der Waals surface area (Å²) in [7, 11) is 6.69. The monoisotopic (exact) mass is 637 g/mol. The molecule has 14 heteroatoms. The number of hydrogen-bond donors (Lipinski definition) is 5. The van der Waals surface area contributed by atoms with Crippen LogP contribution in [-0.2, 0) is 30.4 Å². The summed E-state index contributed by atoms with van der Waals surface area (Å²) in [5.41, 5.74) is 10.4. The van der Waals surface area contributed by atoms with Crippen LogP contribution in [0.25, 0.3) is 0 Å². The first-order valence-electron chi connectivity index (χ1n) is 15.7. The zero-order chi connectivity index (χ0) is 33.7. The van der Waals surface area contributed by atoms with Gasteiger partial charge in [-0.25, -0.2) is 4.99 Å². The minimum absolute atomic E-state index is 0.0174. The lowest BCUT2D eigenvalue weighted by atomic mass is 9.52. The second kappa shape index (κ2) is 12.6. The molecule has 248 valence electrons. The van der Waals surface area contributed by atoms with E-state index in [1.807, 2.05) is 0 Å². The number of aliphatic hydroxyl groups is 1. The van der Waals surface area contributed by atoms with Crippen molar-refractivity contribution in [1.82, 2.24) is 10.2 Å². The van der Waals surface area contributed by atoms with Crippen LogP contribution in [0.2, 0.25) is 0 Å². The Hall–Kier alpha value is -4.17. The number of ketones is 4.